The first kappa shape index (κ1) is 20.5. The van der Waals surface area contributed by atoms with Crippen molar-refractivity contribution in [2.75, 3.05) is 18.4 Å². The van der Waals surface area contributed by atoms with Gasteiger partial charge >= 0.3 is 0 Å². The molecule has 0 bridgehead atoms. The number of hydrogen-bond donors (Lipinski definition) is 1. The highest BCUT2D eigenvalue weighted by atomic mass is 16.6. The maximum absolute atomic E-state index is 13.1. The van der Waals surface area contributed by atoms with Gasteiger partial charge in [0, 0.05) is 29.8 Å². The zero-order chi connectivity index (χ0) is 20.8. The Labute approximate surface area is 168 Å². The number of nitro benzene ring substituents is 1. The Morgan fingerprint density at radius 3 is 2.69 bits per heavy atom. The van der Waals surface area contributed by atoms with Crippen molar-refractivity contribution in [2.45, 2.75) is 39.0 Å². The van der Waals surface area contributed by atoms with E-state index in [4.69, 9.17) is 4.52 Å². The van der Waals surface area contributed by atoms with Gasteiger partial charge in [0.05, 0.1) is 4.92 Å². The van der Waals surface area contributed by atoms with E-state index in [-0.39, 0.29) is 23.6 Å². The zero-order valence-electron chi connectivity index (χ0n) is 16.3. The number of amides is 2. The lowest BCUT2D eigenvalue weighted by Gasteiger charge is -2.29. The molecule has 9 heteroatoms. The lowest BCUT2D eigenvalue weighted by Crippen LogP contribution is -2.41. The predicted molar refractivity (Wildman–Crippen MR) is 105 cm³/mol. The Morgan fingerprint density at radius 1 is 1.28 bits per heavy atom. The number of hydrogen-bond acceptors (Lipinski definition) is 6. The number of aryl methyl sites for hydroxylation is 1. The maximum Gasteiger partial charge on any atom is 0.273 e. The minimum atomic E-state index is -0.505. The van der Waals surface area contributed by atoms with Gasteiger partial charge in [-0.3, -0.25) is 19.7 Å². The van der Waals surface area contributed by atoms with E-state index in [9.17, 15) is 19.7 Å². The highest BCUT2D eigenvalue weighted by molar-refractivity contribution is 5.99. The van der Waals surface area contributed by atoms with E-state index in [1.165, 1.54) is 29.7 Å². The van der Waals surface area contributed by atoms with Crippen molar-refractivity contribution in [3.05, 3.63) is 51.8 Å². The van der Waals surface area contributed by atoms with E-state index in [1.807, 2.05) is 0 Å². The van der Waals surface area contributed by atoms with E-state index in [1.54, 1.807) is 19.1 Å². The molecule has 0 aliphatic heterocycles. The summed E-state index contributed by atoms with van der Waals surface area (Å²) in [7, 11) is 0. The van der Waals surface area contributed by atoms with Crippen molar-refractivity contribution in [3.8, 4) is 0 Å². The van der Waals surface area contributed by atoms with Gasteiger partial charge in [-0.15, -0.1) is 0 Å². The molecule has 1 aromatic carbocycles. The van der Waals surface area contributed by atoms with Gasteiger partial charge in [-0.2, -0.15) is 0 Å². The Morgan fingerprint density at radius 2 is 2.03 bits per heavy atom. The molecule has 1 aliphatic rings. The SMILES string of the molecule is Cc1ccc(C(=O)N(CC(=O)Nc2ccon2)CC2CCCCC2)cc1[N+](=O)[O-]. The summed E-state index contributed by atoms with van der Waals surface area (Å²) in [6.45, 7) is 1.90. The number of nitrogens with zero attached hydrogens (tertiary/aromatic N) is 3. The molecule has 0 unspecified atom stereocenters. The molecule has 2 aromatic rings. The van der Waals surface area contributed by atoms with Gasteiger partial charge in [-0.05, 0) is 31.7 Å². The lowest BCUT2D eigenvalue weighted by molar-refractivity contribution is -0.385. The minimum absolute atomic E-state index is 0.111. The molecule has 0 spiro atoms. The normalized spacial score (nSPS) is 14.4. The molecule has 2 amide bonds. The van der Waals surface area contributed by atoms with Crippen LogP contribution in [0.25, 0.3) is 0 Å². The summed E-state index contributed by atoms with van der Waals surface area (Å²) >= 11 is 0. The third kappa shape index (κ3) is 5.40. The molecule has 154 valence electrons. The van der Waals surface area contributed by atoms with Crippen LogP contribution in [-0.4, -0.2) is 39.9 Å². The van der Waals surface area contributed by atoms with Crippen LogP contribution in [0.5, 0.6) is 0 Å². The summed E-state index contributed by atoms with van der Waals surface area (Å²) in [6, 6.07) is 5.91. The van der Waals surface area contributed by atoms with Gasteiger partial charge in [-0.1, -0.05) is 30.5 Å². The van der Waals surface area contributed by atoms with Crippen LogP contribution >= 0.6 is 0 Å². The topological polar surface area (TPSA) is 119 Å². The highest BCUT2D eigenvalue weighted by Gasteiger charge is 2.25. The van der Waals surface area contributed by atoms with E-state index in [2.05, 4.69) is 10.5 Å². The molecule has 0 saturated heterocycles. The lowest BCUT2D eigenvalue weighted by atomic mass is 9.89. The van der Waals surface area contributed by atoms with Gasteiger partial charge in [0.1, 0.15) is 12.8 Å². The fourth-order valence-corrected chi connectivity index (χ4v) is 3.66. The number of anilines is 1. The smallest absolute Gasteiger partial charge is 0.273 e. The highest BCUT2D eigenvalue weighted by Crippen LogP contribution is 2.26. The average Bonchev–Trinajstić information content (AvgIpc) is 3.20. The van der Waals surface area contributed by atoms with E-state index in [0.717, 1.165) is 25.7 Å². The Bertz CT molecular complexity index is 875. The molecule has 3 rings (SSSR count). The van der Waals surface area contributed by atoms with Crippen molar-refractivity contribution < 1.29 is 19.0 Å². The molecule has 1 heterocycles. The first-order valence-electron chi connectivity index (χ1n) is 9.68. The molecule has 1 aliphatic carbocycles. The Balaban J connectivity index is 1.79. The van der Waals surface area contributed by atoms with Crippen molar-refractivity contribution in [2.24, 2.45) is 5.92 Å². The first-order valence-corrected chi connectivity index (χ1v) is 9.68. The minimum Gasteiger partial charge on any atom is -0.363 e. The molecule has 1 N–H and O–H groups in total. The van der Waals surface area contributed by atoms with E-state index < -0.39 is 16.7 Å². The Kier molecular flexibility index (Phi) is 6.58. The summed E-state index contributed by atoms with van der Waals surface area (Å²) in [5, 5.41) is 17.5. The largest absolute Gasteiger partial charge is 0.363 e. The maximum atomic E-state index is 13.1. The molecule has 29 heavy (non-hydrogen) atoms. The molecule has 1 saturated carbocycles. The average molecular weight is 400 g/mol. The third-order valence-corrected chi connectivity index (χ3v) is 5.18. The van der Waals surface area contributed by atoms with Crippen LogP contribution in [0.15, 0.2) is 35.1 Å². The second-order valence-electron chi connectivity index (χ2n) is 7.38. The van der Waals surface area contributed by atoms with Gasteiger partial charge < -0.3 is 14.7 Å². The number of aromatic nitrogens is 1. The van der Waals surface area contributed by atoms with Gasteiger partial charge in [0.2, 0.25) is 5.91 Å². The van der Waals surface area contributed by atoms with Crippen molar-refractivity contribution in [1.82, 2.24) is 10.1 Å². The summed E-state index contributed by atoms with van der Waals surface area (Å²) < 4.78 is 4.70. The van der Waals surface area contributed by atoms with Crippen LogP contribution in [0.3, 0.4) is 0 Å². The number of benzene rings is 1. The molecule has 1 fully saturated rings. The number of carbonyl (C=O) groups is 2. The monoisotopic (exact) mass is 400 g/mol. The first-order chi connectivity index (χ1) is 13.9. The fraction of sp³-hybridized carbons (Fsp3) is 0.450. The molecular formula is C20H24N4O5. The summed E-state index contributed by atoms with van der Waals surface area (Å²) in [4.78, 5) is 37.8. The number of carbonyl (C=O) groups excluding carboxylic acids is 2. The molecule has 0 radical (unpaired) electrons. The van der Waals surface area contributed by atoms with E-state index >= 15 is 0 Å². The van der Waals surface area contributed by atoms with Crippen LogP contribution < -0.4 is 5.32 Å². The third-order valence-electron chi connectivity index (χ3n) is 5.18. The fourth-order valence-electron chi connectivity index (χ4n) is 3.66. The van der Waals surface area contributed by atoms with Crippen LogP contribution in [0.2, 0.25) is 0 Å². The summed E-state index contributed by atoms with van der Waals surface area (Å²) in [5.41, 5.74) is 0.571. The van der Waals surface area contributed by atoms with Gasteiger partial charge in [-0.25, -0.2) is 0 Å². The molecular weight excluding hydrogens is 376 g/mol. The van der Waals surface area contributed by atoms with Crippen molar-refractivity contribution >= 4 is 23.3 Å². The van der Waals surface area contributed by atoms with Crippen molar-refractivity contribution in [3.63, 3.8) is 0 Å². The second-order valence-corrected chi connectivity index (χ2v) is 7.38. The summed E-state index contributed by atoms with van der Waals surface area (Å²) in [5.74, 6) is -0.210. The van der Waals surface area contributed by atoms with Gasteiger partial charge in [0.25, 0.3) is 11.6 Å². The second kappa shape index (κ2) is 9.31. The zero-order valence-corrected chi connectivity index (χ0v) is 16.3. The standard InChI is InChI=1S/C20H24N4O5/c1-14-7-8-16(11-17(14)24(27)28)20(26)23(12-15-5-3-2-4-6-15)13-19(25)21-18-9-10-29-22-18/h7-11,15H,2-6,12-13H2,1H3,(H,21,22,25). The van der Waals surface area contributed by atoms with Crippen LogP contribution in [-0.2, 0) is 4.79 Å². The summed E-state index contributed by atoms with van der Waals surface area (Å²) in [6.07, 6.45) is 6.74. The van der Waals surface area contributed by atoms with Crippen LogP contribution in [0.1, 0.15) is 48.0 Å². The molecule has 0 atom stereocenters. The number of nitro groups is 1. The van der Waals surface area contributed by atoms with Crippen LogP contribution in [0, 0.1) is 23.0 Å². The molecule has 1 aromatic heterocycles. The van der Waals surface area contributed by atoms with Gasteiger partial charge in [0.15, 0.2) is 5.82 Å². The predicted octanol–water partition coefficient (Wildman–Crippen LogP) is 3.55. The number of rotatable bonds is 7. The quantitative estimate of drug-likeness (QED) is 0.561. The van der Waals surface area contributed by atoms with Crippen molar-refractivity contribution in [1.29, 1.82) is 0 Å². The Hall–Kier alpha value is -3.23. The molecule has 9 nitrogen and oxygen atoms in total. The van der Waals surface area contributed by atoms with E-state index in [0.29, 0.717) is 18.0 Å². The van der Waals surface area contributed by atoms with Crippen LogP contribution in [0.4, 0.5) is 11.5 Å². The number of nitrogens with one attached hydrogen (secondary N) is 1.